The highest BCUT2D eigenvalue weighted by atomic mass is 16.3. The number of nitrogens with one attached hydrogen (secondary N) is 1. The Morgan fingerprint density at radius 2 is 1.94 bits per heavy atom. The first-order valence-electron chi connectivity index (χ1n) is 7.63. The van der Waals surface area contributed by atoms with Crippen molar-refractivity contribution >= 4 is 0 Å². The average Bonchev–Trinajstić information content (AvgIpc) is 2.39. The van der Waals surface area contributed by atoms with E-state index in [-0.39, 0.29) is 6.10 Å². The van der Waals surface area contributed by atoms with Crippen molar-refractivity contribution in [2.75, 3.05) is 6.54 Å². The zero-order valence-electron chi connectivity index (χ0n) is 11.5. The van der Waals surface area contributed by atoms with Gasteiger partial charge in [0.15, 0.2) is 0 Å². The van der Waals surface area contributed by atoms with Crippen LogP contribution < -0.4 is 5.32 Å². The molecule has 2 nitrogen and oxygen atoms in total. The van der Waals surface area contributed by atoms with Crippen LogP contribution in [0.15, 0.2) is 0 Å². The fraction of sp³-hybridized carbons (Fsp3) is 1.00. The molecule has 1 aliphatic heterocycles. The van der Waals surface area contributed by atoms with Gasteiger partial charge in [-0.3, -0.25) is 0 Å². The van der Waals surface area contributed by atoms with E-state index >= 15 is 0 Å². The first-order chi connectivity index (χ1) is 8.22. The minimum absolute atomic E-state index is 0.0375. The lowest BCUT2D eigenvalue weighted by atomic mass is 9.73. The lowest BCUT2D eigenvalue weighted by molar-refractivity contribution is 0.0253. The van der Waals surface area contributed by atoms with Crippen LogP contribution in [-0.4, -0.2) is 23.8 Å². The summed E-state index contributed by atoms with van der Waals surface area (Å²) in [6.45, 7) is 5.83. The molecule has 5 atom stereocenters. The SMILES string of the molecule is CC[C@@H]1CC[C@H]([C@@H](C)[C@@H]2CCCC[C@H]2O)NC1. The van der Waals surface area contributed by atoms with E-state index in [2.05, 4.69) is 19.2 Å². The van der Waals surface area contributed by atoms with Gasteiger partial charge in [0.1, 0.15) is 0 Å². The highest BCUT2D eigenvalue weighted by molar-refractivity contribution is 4.88. The van der Waals surface area contributed by atoms with E-state index in [0.717, 1.165) is 12.3 Å². The summed E-state index contributed by atoms with van der Waals surface area (Å²) in [5.74, 6) is 2.07. The topological polar surface area (TPSA) is 32.3 Å². The van der Waals surface area contributed by atoms with E-state index in [1.54, 1.807) is 0 Å². The molecule has 1 saturated heterocycles. The predicted molar refractivity (Wildman–Crippen MR) is 71.9 cm³/mol. The van der Waals surface area contributed by atoms with Crippen LogP contribution in [-0.2, 0) is 0 Å². The van der Waals surface area contributed by atoms with Crippen molar-refractivity contribution in [1.82, 2.24) is 5.32 Å². The first-order valence-corrected chi connectivity index (χ1v) is 7.63. The standard InChI is InChI=1S/C15H29NO/c1-3-12-8-9-14(16-10-12)11(2)13-6-4-5-7-15(13)17/h11-17H,3-10H2,1-2H3/t11-,12+,13-,14+,15+/m0/s1. The molecule has 0 aromatic carbocycles. The zero-order chi connectivity index (χ0) is 12.3. The molecule has 100 valence electrons. The molecule has 0 amide bonds. The molecule has 0 unspecified atom stereocenters. The summed E-state index contributed by atoms with van der Waals surface area (Å²) >= 11 is 0. The van der Waals surface area contributed by atoms with Gasteiger partial charge in [0, 0.05) is 6.04 Å². The van der Waals surface area contributed by atoms with Crippen molar-refractivity contribution in [1.29, 1.82) is 0 Å². The Hall–Kier alpha value is -0.0800. The third-order valence-electron chi connectivity index (χ3n) is 5.22. The number of aliphatic hydroxyl groups excluding tert-OH is 1. The molecule has 2 N–H and O–H groups in total. The van der Waals surface area contributed by atoms with E-state index in [1.807, 2.05) is 0 Å². The van der Waals surface area contributed by atoms with Gasteiger partial charge in [0.25, 0.3) is 0 Å². The lowest BCUT2D eigenvalue weighted by Gasteiger charge is -2.40. The minimum Gasteiger partial charge on any atom is -0.393 e. The van der Waals surface area contributed by atoms with Crippen LogP contribution in [0, 0.1) is 17.8 Å². The highest BCUT2D eigenvalue weighted by Gasteiger charge is 2.34. The van der Waals surface area contributed by atoms with E-state index in [9.17, 15) is 5.11 Å². The minimum atomic E-state index is -0.0375. The smallest absolute Gasteiger partial charge is 0.0571 e. The van der Waals surface area contributed by atoms with Gasteiger partial charge >= 0.3 is 0 Å². The molecule has 2 aliphatic rings. The predicted octanol–water partition coefficient (Wildman–Crippen LogP) is 2.95. The normalized spacial score (nSPS) is 41.1. The molecule has 2 rings (SSSR count). The van der Waals surface area contributed by atoms with Crippen molar-refractivity contribution in [3.8, 4) is 0 Å². The Bertz CT molecular complexity index is 223. The van der Waals surface area contributed by atoms with E-state index < -0.39 is 0 Å². The van der Waals surface area contributed by atoms with Crippen LogP contribution in [0.1, 0.15) is 58.8 Å². The van der Waals surface area contributed by atoms with Gasteiger partial charge < -0.3 is 10.4 Å². The summed E-state index contributed by atoms with van der Waals surface area (Å²) in [5.41, 5.74) is 0. The van der Waals surface area contributed by atoms with Gasteiger partial charge in [-0.2, -0.15) is 0 Å². The third-order valence-corrected chi connectivity index (χ3v) is 5.22. The molecule has 1 heterocycles. The zero-order valence-corrected chi connectivity index (χ0v) is 11.5. The molecular formula is C15H29NO. The number of piperidine rings is 1. The Balaban J connectivity index is 1.85. The Labute approximate surface area is 106 Å². The number of rotatable bonds is 3. The number of hydrogen-bond acceptors (Lipinski definition) is 2. The largest absolute Gasteiger partial charge is 0.393 e. The van der Waals surface area contributed by atoms with Crippen LogP contribution in [0.3, 0.4) is 0 Å². The Morgan fingerprint density at radius 1 is 1.18 bits per heavy atom. The number of aliphatic hydroxyl groups is 1. The van der Waals surface area contributed by atoms with Crippen LogP contribution in [0.5, 0.6) is 0 Å². The lowest BCUT2D eigenvalue weighted by Crippen LogP contribution is -2.47. The molecule has 0 bridgehead atoms. The van der Waals surface area contributed by atoms with Crippen LogP contribution in [0.25, 0.3) is 0 Å². The fourth-order valence-corrected chi connectivity index (χ4v) is 3.79. The van der Waals surface area contributed by atoms with E-state index in [0.29, 0.717) is 17.9 Å². The fourth-order valence-electron chi connectivity index (χ4n) is 3.79. The monoisotopic (exact) mass is 239 g/mol. The van der Waals surface area contributed by atoms with Crippen LogP contribution >= 0.6 is 0 Å². The van der Waals surface area contributed by atoms with Crippen molar-refractivity contribution in [3.63, 3.8) is 0 Å². The molecule has 17 heavy (non-hydrogen) atoms. The summed E-state index contributed by atoms with van der Waals surface area (Å²) in [4.78, 5) is 0. The molecule has 1 saturated carbocycles. The van der Waals surface area contributed by atoms with Crippen molar-refractivity contribution in [3.05, 3.63) is 0 Å². The molecule has 0 spiro atoms. The molecule has 0 aromatic rings. The quantitative estimate of drug-likeness (QED) is 0.793. The number of hydrogen-bond donors (Lipinski definition) is 2. The van der Waals surface area contributed by atoms with Gasteiger partial charge in [0.05, 0.1) is 6.10 Å². The summed E-state index contributed by atoms with van der Waals surface area (Å²) < 4.78 is 0. The van der Waals surface area contributed by atoms with Gasteiger partial charge in [-0.25, -0.2) is 0 Å². The maximum atomic E-state index is 10.1. The molecular weight excluding hydrogens is 210 g/mol. The summed E-state index contributed by atoms with van der Waals surface area (Å²) in [7, 11) is 0. The van der Waals surface area contributed by atoms with Gasteiger partial charge in [-0.15, -0.1) is 0 Å². The van der Waals surface area contributed by atoms with Gasteiger partial charge in [-0.05, 0) is 50.0 Å². The molecule has 2 fully saturated rings. The summed E-state index contributed by atoms with van der Waals surface area (Å²) in [6.07, 6.45) is 8.75. The Morgan fingerprint density at radius 3 is 2.53 bits per heavy atom. The second-order valence-electron chi connectivity index (χ2n) is 6.24. The molecule has 0 aromatic heterocycles. The second kappa shape index (κ2) is 6.19. The third kappa shape index (κ3) is 3.23. The molecule has 1 aliphatic carbocycles. The Kier molecular flexibility index (Phi) is 4.87. The maximum Gasteiger partial charge on any atom is 0.0571 e. The summed E-state index contributed by atoms with van der Waals surface area (Å²) in [5, 5.41) is 13.9. The molecule has 0 radical (unpaired) electrons. The second-order valence-corrected chi connectivity index (χ2v) is 6.24. The maximum absolute atomic E-state index is 10.1. The van der Waals surface area contributed by atoms with Crippen molar-refractivity contribution in [2.24, 2.45) is 17.8 Å². The van der Waals surface area contributed by atoms with Crippen LogP contribution in [0.2, 0.25) is 0 Å². The van der Waals surface area contributed by atoms with Gasteiger partial charge in [-0.1, -0.05) is 33.1 Å². The van der Waals surface area contributed by atoms with E-state index in [4.69, 9.17) is 0 Å². The summed E-state index contributed by atoms with van der Waals surface area (Å²) in [6, 6.07) is 0.649. The van der Waals surface area contributed by atoms with Crippen LogP contribution in [0.4, 0.5) is 0 Å². The molecule has 2 heteroatoms. The van der Waals surface area contributed by atoms with Gasteiger partial charge in [0.2, 0.25) is 0 Å². The van der Waals surface area contributed by atoms with E-state index in [1.165, 1.54) is 45.1 Å². The van der Waals surface area contributed by atoms with Crippen molar-refractivity contribution < 1.29 is 5.11 Å². The highest BCUT2D eigenvalue weighted by Crippen LogP contribution is 2.34. The van der Waals surface area contributed by atoms with Crippen molar-refractivity contribution in [2.45, 2.75) is 70.9 Å². The first kappa shape index (κ1) is 13.4. The average molecular weight is 239 g/mol.